The molecule has 0 saturated carbocycles. The van der Waals surface area contributed by atoms with Gasteiger partial charge in [-0.15, -0.1) is 223 Å². The fourth-order valence-electron chi connectivity index (χ4n) is 12.9. The first-order valence-corrected chi connectivity index (χ1v) is 120. The lowest BCUT2D eigenvalue weighted by Crippen LogP contribution is -2.16. The second kappa shape index (κ2) is 47.0. The minimum Gasteiger partial charge on any atom is -0.310 e. The van der Waals surface area contributed by atoms with Crippen LogP contribution in [0.1, 0.15) is 49.9 Å². The highest BCUT2D eigenvalue weighted by Crippen LogP contribution is 3.46. The van der Waals surface area contributed by atoms with E-state index < -0.39 is 0 Å². The standard InChI is InChI=1S/C54H42N2.H51P49/c1-53(2)46-21-11-8-17-41(46)44-33-38(29-31-48(44)53)55(39-30-32-49-45(34-39)42-18-9-12-22-47(42)54(49,3)4)37-27-25-35(26-28-37)40-20-14-24-51-52(40)43-19-10-13-23-50(43)56(51)36-15-6-5-7-16-36;1-26-39(27(2)3)45(38(24)25)48(44(36(20)21)37(22)23)49(46(40(28(4)5)29(6)7)41(30(8)9)31(10)11)47(42(32(12)13)33(14)15)43(34(16)17)35(18)19/h5-34H,1-4H3;26H,1-25H2. The van der Waals surface area contributed by atoms with Gasteiger partial charge in [-0.1, -0.05) is 157 Å². The van der Waals surface area contributed by atoms with Gasteiger partial charge in [-0.2, -0.15) is 0 Å². The van der Waals surface area contributed by atoms with Crippen molar-refractivity contribution in [2.45, 2.75) is 38.5 Å². The minimum atomic E-state index is -0.184. The average Bonchev–Trinajstić information content (AvgIpc) is 1.73. The summed E-state index contributed by atoms with van der Waals surface area (Å²) in [5.41, 5.74) is 20.2. The maximum atomic E-state index is 3.53. The first-order chi connectivity index (χ1) is 49.6. The Balaban J connectivity index is 0.000000228. The lowest BCUT2D eigenvalue weighted by atomic mass is 9.82. The Kier molecular flexibility index (Phi) is 45.4. The molecule has 29 atom stereocenters. The summed E-state index contributed by atoms with van der Waals surface area (Å²) in [7, 11) is 87.8. The summed E-state index contributed by atoms with van der Waals surface area (Å²) in [6.07, 6.45) is 0. The molecule has 0 N–H and O–H groups in total. The van der Waals surface area contributed by atoms with E-state index >= 15 is 0 Å². The molecule has 105 heavy (non-hydrogen) atoms. The van der Waals surface area contributed by atoms with Crippen molar-refractivity contribution in [1.82, 2.24) is 4.57 Å². The van der Waals surface area contributed by atoms with Gasteiger partial charge in [-0.25, -0.2) is 0 Å². The molecule has 29 unspecified atom stereocenters. The van der Waals surface area contributed by atoms with E-state index in [1.54, 1.807) is 0 Å². The Morgan fingerprint density at radius 1 is 0.286 bits per heavy atom. The minimum absolute atomic E-state index is 0.0365. The average molecular weight is 2290 g/mol. The molecule has 0 saturated heterocycles. The van der Waals surface area contributed by atoms with Crippen molar-refractivity contribution in [1.29, 1.82) is 0 Å². The number of para-hydroxylation sites is 2. The molecule has 51 heteroatoms. The molecule has 1 heterocycles. The van der Waals surface area contributed by atoms with Crippen molar-refractivity contribution in [3.05, 3.63) is 204 Å². The number of anilines is 3. The van der Waals surface area contributed by atoms with Crippen LogP contribution in [-0.4, -0.2) is 4.57 Å². The summed E-state index contributed by atoms with van der Waals surface area (Å²) in [5.74, 6) is 0. The molecule has 0 spiro atoms. The molecule has 564 valence electrons. The highest BCUT2D eigenvalue weighted by atomic mass is 33.6. The molecular formula is C54H93N2P49. The van der Waals surface area contributed by atoms with E-state index in [4.69, 9.17) is 0 Å². The molecule has 0 bridgehead atoms. The molecule has 1 aromatic heterocycles. The summed E-state index contributed by atoms with van der Waals surface area (Å²) >= 11 is 0. The van der Waals surface area contributed by atoms with Crippen LogP contribution in [0.4, 0.5) is 17.1 Å². The van der Waals surface area contributed by atoms with Crippen molar-refractivity contribution in [3.8, 4) is 39.1 Å². The normalized spacial score (nSPS) is 15.3. The molecule has 0 amide bonds. The SMILES string of the molecule is CC1(C)c2ccccc2-c2cc(N(c3ccc(-c4cccc5c4c4ccccc4n5-c4ccccc4)cc3)c3ccc4c(c3)-c3ccccc3C4(C)C)ccc21.PPP(P(P)P)P(P(P)P)P(P(P(P)P)P(P)P)P(P(P(P(P)P)P(P)P)P(P(P)P)P(P)P)P(P(P(P)P)P(P)P)P(P(P)P)P(P)P. The number of nitrogens with zero attached hydrogens (tertiary/aromatic N) is 2. The van der Waals surface area contributed by atoms with Gasteiger partial charge in [-0.05, 0) is 277 Å². The van der Waals surface area contributed by atoms with Crippen LogP contribution in [0.25, 0.3) is 60.9 Å². The fourth-order valence-corrected chi connectivity index (χ4v) is 704. The van der Waals surface area contributed by atoms with Crippen LogP contribution < -0.4 is 4.90 Å². The summed E-state index contributed by atoms with van der Waals surface area (Å²) in [5, 5.41) is 2.53. The maximum absolute atomic E-state index is 3.53. The molecule has 0 fully saturated rings. The highest BCUT2D eigenvalue weighted by Gasteiger charge is 2.58. The molecule has 9 aromatic rings. The second-order valence-electron chi connectivity index (χ2n) is 24.2. The number of benzene rings is 8. The van der Waals surface area contributed by atoms with Crippen LogP contribution in [0.2, 0.25) is 0 Å². The third-order valence-electron chi connectivity index (χ3n) is 17.0. The summed E-state index contributed by atoms with van der Waals surface area (Å²) in [6, 6.07) is 67.5. The Hall–Kier alpha value is 14.4. The summed E-state index contributed by atoms with van der Waals surface area (Å²) < 4.78 is 2.39. The van der Waals surface area contributed by atoms with Gasteiger partial charge in [0.05, 0.1) is 11.0 Å². The van der Waals surface area contributed by atoms with Crippen molar-refractivity contribution in [2.75, 3.05) is 4.90 Å². The lowest BCUT2D eigenvalue weighted by Gasteiger charge is -2.58. The predicted octanol–water partition coefficient (Wildman–Crippen LogP) is 43.1. The van der Waals surface area contributed by atoms with E-state index in [0.29, 0.717) is 0 Å². The number of aromatic nitrogens is 1. The van der Waals surface area contributed by atoms with E-state index in [1.807, 2.05) is 0 Å². The van der Waals surface area contributed by atoms with E-state index in [1.165, 1.54) is 83.1 Å². The second-order valence-corrected chi connectivity index (χ2v) is 223. The zero-order valence-corrected chi connectivity index (χ0v) is 108. The Morgan fingerprint density at radius 3 is 1.00 bits per heavy atom. The molecule has 0 radical (unpaired) electrons. The van der Waals surface area contributed by atoms with Crippen LogP contribution >= 0.6 is 392 Å². The number of fused-ring (bicyclic) bond motifs is 9. The van der Waals surface area contributed by atoms with E-state index in [2.05, 4.69) is 442 Å². The van der Waals surface area contributed by atoms with Gasteiger partial charge >= 0.3 is 0 Å². The zero-order valence-electron chi connectivity index (χ0n) is 57.4. The van der Waals surface area contributed by atoms with Gasteiger partial charge in [0.25, 0.3) is 0 Å². The molecule has 0 aliphatic heterocycles. The smallest absolute Gasteiger partial charge is 0.0547 e. The van der Waals surface area contributed by atoms with Crippen LogP contribution in [0, 0.1) is 0 Å². The van der Waals surface area contributed by atoms with Crippen LogP contribution in [0.3, 0.4) is 0 Å². The van der Waals surface area contributed by atoms with Crippen molar-refractivity contribution < 1.29 is 0 Å². The van der Waals surface area contributed by atoms with Crippen molar-refractivity contribution >= 4 is 431 Å². The number of hydrogen-bond donors (Lipinski definition) is 0. The number of rotatable bonds is 28. The highest BCUT2D eigenvalue weighted by molar-refractivity contribution is 9.51. The third-order valence-corrected chi connectivity index (χ3v) is 354. The van der Waals surface area contributed by atoms with Gasteiger partial charge in [0, 0.05) is 44.4 Å². The zero-order chi connectivity index (χ0) is 76.7. The first-order valence-electron chi connectivity index (χ1n) is 30.9. The van der Waals surface area contributed by atoms with Gasteiger partial charge < -0.3 is 9.47 Å². The maximum Gasteiger partial charge on any atom is 0.0547 e. The Morgan fingerprint density at radius 2 is 0.610 bits per heavy atom. The molecule has 11 rings (SSSR count). The monoisotopic (exact) mass is 2290 g/mol. The summed E-state index contributed by atoms with van der Waals surface area (Å²) in [4.78, 5) is 2.45. The van der Waals surface area contributed by atoms with Gasteiger partial charge in [0.15, 0.2) is 0 Å². The largest absolute Gasteiger partial charge is 0.310 e. The molecule has 2 aliphatic carbocycles. The van der Waals surface area contributed by atoms with Crippen molar-refractivity contribution in [3.63, 3.8) is 0 Å². The van der Waals surface area contributed by atoms with Gasteiger partial charge in [-0.3, -0.25) is 0 Å². The predicted molar refractivity (Wildman–Crippen MR) is 646 cm³/mol. The lowest BCUT2D eigenvalue weighted by molar-refractivity contribution is 0.660. The Bertz CT molecular complexity index is 4180. The molecule has 2 aliphatic rings. The quantitative estimate of drug-likeness (QED) is 0.0444. The molecule has 2 nitrogen and oxygen atoms in total. The van der Waals surface area contributed by atoms with Crippen LogP contribution in [-0.2, 0) is 10.8 Å². The van der Waals surface area contributed by atoms with Crippen LogP contribution in [0.15, 0.2) is 182 Å². The van der Waals surface area contributed by atoms with Crippen molar-refractivity contribution in [2.24, 2.45) is 0 Å². The topological polar surface area (TPSA) is 8.17 Å². The first kappa shape index (κ1) is 102. The van der Waals surface area contributed by atoms with E-state index in [9.17, 15) is 0 Å². The third kappa shape index (κ3) is 23.9. The fraction of sp³-hybridized carbons (Fsp3) is 0.111. The van der Waals surface area contributed by atoms with Crippen LogP contribution in [0.5, 0.6) is 0 Å². The Labute approximate surface area is 713 Å². The summed E-state index contributed by atoms with van der Waals surface area (Å²) in [6.45, 7) is 6.07. The molecule has 8 aromatic carbocycles. The van der Waals surface area contributed by atoms with E-state index in [0.717, 1.165) is 25.0 Å². The number of hydrogen-bond acceptors (Lipinski definition) is 1. The molecular weight excluding hydrogens is 2190 g/mol. The van der Waals surface area contributed by atoms with E-state index in [-0.39, 0.29) is 172 Å². The van der Waals surface area contributed by atoms with Gasteiger partial charge in [0.1, 0.15) is 0 Å². The van der Waals surface area contributed by atoms with Gasteiger partial charge in [0.2, 0.25) is 0 Å².